The van der Waals surface area contributed by atoms with E-state index in [1.807, 2.05) is 18.3 Å². The van der Waals surface area contributed by atoms with Gasteiger partial charge in [0, 0.05) is 37.2 Å². The van der Waals surface area contributed by atoms with Crippen LogP contribution in [0.1, 0.15) is 58.1 Å². The number of fused-ring (bicyclic) bond motifs is 6. The molecule has 1 aliphatic rings. The van der Waals surface area contributed by atoms with E-state index in [4.69, 9.17) is 0 Å². The molecule has 324 valence electrons. The van der Waals surface area contributed by atoms with Gasteiger partial charge in [-0.1, -0.05) is 185 Å². The SMILES string of the molecule is C/C=C\CC.C1=Cc2c(ccc3cc(-c4cccc(-c5ccc(N(c6ccc(-c7ccccc7)cc6)c6ccc(-c7ccc8sc9ccccc9c8c7)cc6)cc5)c4)ccc23)CC1.CCC. The van der Waals surface area contributed by atoms with E-state index in [2.05, 4.69) is 250 Å². The van der Waals surface area contributed by atoms with Gasteiger partial charge in [0.05, 0.1) is 0 Å². The molecule has 0 spiro atoms. The Kier molecular flexibility index (Phi) is 13.8. The lowest BCUT2D eigenvalue weighted by atomic mass is 9.90. The van der Waals surface area contributed by atoms with E-state index in [9.17, 15) is 0 Å². The third kappa shape index (κ3) is 9.57. The third-order valence-corrected chi connectivity index (χ3v) is 13.4. The highest BCUT2D eigenvalue weighted by atomic mass is 32.1. The Balaban J connectivity index is 0.000000636. The Labute approximate surface area is 395 Å². The number of nitrogens with zero attached hydrogens (tertiary/aromatic N) is 1. The quantitative estimate of drug-likeness (QED) is 0.138. The topological polar surface area (TPSA) is 3.24 Å². The first-order valence-electron chi connectivity index (χ1n) is 23.6. The minimum absolute atomic E-state index is 1.11. The van der Waals surface area contributed by atoms with Crippen molar-refractivity contribution in [2.45, 2.75) is 53.4 Å². The first-order chi connectivity index (χ1) is 32.5. The lowest BCUT2D eigenvalue weighted by molar-refractivity contribution is 0.990. The largest absolute Gasteiger partial charge is 0.311 e. The third-order valence-electron chi connectivity index (χ3n) is 12.2. The summed E-state index contributed by atoms with van der Waals surface area (Å²) in [4.78, 5) is 2.36. The zero-order valence-corrected chi connectivity index (χ0v) is 39.4. The average molecular weight is 872 g/mol. The molecule has 1 aliphatic carbocycles. The van der Waals surface area contributed by atoms with Crippen molar-refractivity contribution in [2.75, 3.05) is 4.90 Å². The molecular weight excluding hydrogens is 815 g/mol. The fourth-order valence-electron chi connectivity index (χ4n) is 8.94. The molecule has 1 heterocycles. The van der Waals surface area contributed by atoms with Crippen molar-refractivity contribution in [3.63, 3.8) is 0 Å². The van der Waals surface area contributed by atoms with Gasteiger partial charge in [-0.2, -0.15) is 0 Å². The molecule has 0 amide bonds. The van der Waals surface area contributed by atoms with Crippen molar-refractivity contribution in [3.8, 4) is 44.5 Å². The molecule has 0 N–H and O–H groups in total. The van der Waals surface area contributed by atoms with Crippen molar-refractivity contribution in [1.82, 2.24) is 0 Å². The second-order valence-corrected chi connectivity index (χ2v) is 18.0. The zero-order chi connectivity index (χ0) is 45.2. The van der Waals surface area contributed by atoms with Gasteiger partial charge in [-0.15, -0.1) is 11.3 Å². The zero-order valence-electron chi connectivity index (χ0n) is 38.5. The maximum Gasteiger partial charge on any atom is 0.0462 e. The summed E-state index contributed by atoms with van der Waals surface area (Å²) in [5.74, 6) is 0. The molecule has 2 heteroatoms. The van der Waals surface area contributed by atoms with Crippen LogP contribution in [0.3, 0.4) is 0 Å². The fourth-order valence-corrected chi connectivity index (χ4v) is 10.0. The first kappa shape index (κ1) is 44.0. The molecule has 0 fully saturated rings. The lowest BCUT2D eigenvalue weighted by Crippen LogP contribution is -2.09. The summed E-state index contributed by atoms with van der Waals surface area (Å²) in [7, 11) is 0. The smallest absolute Gasteiger partial charge is 0.0462 e. The van der Waals surface area contributed by atoms with Crippen LogP contribution in [0.15, 0.2) is 218 Å². The summed E-state index contributed by atoms with van der Waals surface area (Å²) in [6.07, 6.45) is 13.4. The molecule has 10 aromatic rings. The second-order valence-electron chi connectivity index (χ2n) is 16.9. The van der Waals surface area contributed by atoms with E-state index >= 15 is 0 Å². The number of allylic oxidation sites excluding steroid dienone is 3. The number of benzene rings is 9. The van der Waals surface area contributed by atoms with Crippen LogP contribution < -0.4 is 4.90 Å². The van der Waals surface area contributed by atoms with Gasteiger partial charge in [-0.25, -0.2) is 0 Å². The Morgan fingerprint density at radius 3 is 1.61 bits per heavy atom. The van der Waals surface area contributed by atoms with Crippen LogP contribution in [0.25, 0.3) is 81.5 Å². The van der Waals surface area contributed by atoms with Crippen LogP contribution >= 0.6 is 11.3 Å². The monoisotopic (exact) mass is 871 g/mol. The molecular formula is C64H57NS. The standard InChI is InChI=1S/C56H39NS.C5H10.C3H8/c1-2-9-38(10-3-1)39-19-27-48(28-20-39)57(50-31-23-41(24-32-50)46-26-34-56-54(37-46)53-15-6-7-16-55(53)58-56)49-29-21-40(22-30-49)43-12-8-13-44(35-43)45-25-33-52-47(36-45)18-17-42-11-4-5-14-51(42)52;1-3-5-4-2;1-3-2/h1-3,5-10,12-37H,4,11H2;3,5H,4H2,1-2H3;3H2,1-2H3/b;5-3-;. The van der Waals surface area contributed by atoms with Crippen molar-refractivity contribution < 1.29 is 0 Å². The summed E-state index contributed by atoms with van der Waals surface area (Å²) in [5.41, 5.74) is 15.9. The van der Waals surface area contributed by atoms with Gasteiger partial charge in [0.1, 0.15) is 0 Å². The highest BCUT2D eigenvalue weighted by Gasteiger charge is 2.15. The van der Waals surface area contributed by atoms with Gasteiger partial charge in [-0.3, -0.25) is 0 Å². The van der Waals surface area contributed by atoms with E-state index in [0.717, 1.165) is 36.3 Å². The molecule has 0 saturated heterocycles. The van der Waals surface area contributed by atoms with Crippen molar-refractivity contribution in [2.24, 2.45) is 0 Å². The molecule has 0 saturated carbocycles. The Hall–Kier alpha value is -7.26. The van der Waals surface area contributed by atoms with Crippen LogP contribution in [0, 0.1) is 0 Å². The first-order valence-corrected chi connectivity index (χ1v) is 24.4. The number of anilines is 3. The molecule has 0 atom stereocenters. The highest BCUT2D eigenvalue weighted by Crippen LogP contribution is 2.40. The van der Waals surface area contributed by atoms with E-state index < -0.39 is 0 Å². The summed E-state index contributed by atoms with van der Waals surface area (Å²) < 4.78 is 2.66. The molecule has 0 unspecified atom stereocenters. The minimum atomic E-state index is 1.11. The number of hydrogen-bond acceptors (Lipinski definition) is 2. The van der Waals surface area contributed by atoms with Crippen molar-refractivity contribution in [3.05, 3.63) is 230 Å². The average Bonchev–Trinajstić information content (AvgIpc) is 3.76. The Bertz CT molecular complexity index is 3260. The Morgan fingerprint density at radius 2 is 0.970 bits per heavy atom. The summed E-state index contributed by atoms with van der Waals surface area (Å²) >= 11 is 1.86. The molecule has 0 aliphatic heterocycles. The molecule has 0 bridgehead atoms. The number of hydrogen-bond donors (Lipinski definition) is 0. The van der Waals surface area contributed by atoms with E-state index in [1.54, 1.807) is 0 Å². The van der Waals surface area contributed by atoms with Gasteiger partial charge in [0.25, 0.3) is 0 Å². The summed E-state index contributed by atoms with van der Waals surface area (Å²) in [6.45, 7) is 8.41. The number of rotatable bonds is 8. The predicted octanol–water partition coefficient (Wildman–Crippen LogP) is 19.7. The predicted molar refractivity (Wildman–Crippen MR) is 292 cm³/mol. The maximum absolute atomic E-state index is 2.36. The lowest BCUT2D eigenvalue weighted by Gasteiger charge is -2.26. The van der Waals surface area contributed by atoms with Crippen molar-refractivity contribution in [1.29, 1.82) is 0 Å². The summed E-state index contributed by atoms with van der Waals surface area (Å²) in [5, 5.41) is 5.28. The van der Waals surface area contributed by atoms with Gasteiger partial charge >= 0.3 is 0 Å². The number of aryl methyl sites for hydroxylation is 1. The minimum Gasteiger partial charge on any atom is -0.311 e. The highest BCUT2D eigenvalue weighted by molar-refractivity contribution is 7.25. The summed E-state index contributed by atoms with van der Waals surface area (Å²) in [6, 6.07) is 73.6. The van der Waals surface area contributed by atoms with E-state index in [1.165, 1.54) is 93.0 Å². The molecule has 11 rings (SSSR count). The van der Waals surface area contributed by atoms with E-state index in [0.29, 0.717) is 0 Å². The van der Waals surface area contributed by atoms with E-state index in [-0.39, 0.29) is 0 Å². The van der Waals surface area contributed by atoms with Crippen LogP contribution in [0.4, 0.5) is 17.1 Å². The maximum atomic E-state index is 2.36. The number of thiophene rings is 1. The van der Waals surface area contributed by atoms with Gasteiger partial charge in [-0.05, 0) is 159 Å². The van der Waals surface area contributed by atoms with Crippen LogP contribution in [0.2, 0.25) is 0 Å². The Morgan fingerprint density at radius 1 is 0.455 bits per heavy atom. The van der Waals surface area contributed by atoms with Gasteiger partial charge < -0.3 is 4.90 Å². The van der Waals surface area contributed by atoms with Gasteiger partial charge in [0.15, 0.2) is 0 Å². The molecule has 9 aromatic carbocycles. The van der Waals surface area contributed by atoms with Gasteiger partial charge in [0.2, 0.25) is 0 Å². The molecule has 1 aromatic heterocycles. The normalized spacial score (nSPS) is 11.8. The van der Waals surface area contributed by atoms with Crippen LogP contribution in [-0.2, 0) is 6.42 Å². The van der Waals surface area contributed by atoms with Crippen LogP contribution in [-0.4, -0.2) is 0 Å². The molecule has 0 radical (unpaired) electrons. The van der Waals surface area contributed by atoms with Crippen LogP contribution in [0.5, 0.6) is 0 Å². The molecule has 66 heavy (non-hydrogen) atoms. The second kappa shape index (κ2) is 20.7. The van der Waals surface area contributed by atoms with Crippen molar-refractivity contribution >= 4 is 65.4 Å². The fraction of sp³-hybridized carbons (Fsp3) is 0.125. The molecule has 1 nitrogen and oxygen atoms in total.